The molecule has 0 amide bonds. The van der Waals surface area contributed by atoms with E-state index in [1.807, 2.05) is 24.3 Å². The van der Waals surface area contributed by atoms with E-state index in [1.54, 1.807) is 0 Å². The number of para-hydroxylation sites is 1. The quantitative estimate of drug-likeness (QED) is 0.713. The van der Waals surface area contributed by atoms with E-state index in [0.29, 0.717) is 12.1 Å². The van der Waals surface area contributed by atoms with Crippen LogP contribution in [0.25, 0.3) is 10.2 Å². The Labute approximate surface area is 145 Å². The first-order chi connectivity index (χ1) is 11.7. The Morgan fingerprint density at radius 3 is 2.44 bits per heavy atom. The molecule has 1 unspecified atom stereocenters. The largest absolute Gasteiger partial charge is 0.493 e. The van der Waals surface area contributed by atoms with Gasteiger partial charge in [0.05, 0.1) is 17.3 Å². The highest BCUT2D eigenvalue weighted by Crippen LogP contribution is 2.42. The number of methoxy groups -OCH3 is 1. The molecule has 1 N–H and O–H groups in total. The Balaban J connectivity index is 1.94. The summed E-state index contributed by atoms with van der Waals surface area (Å²) in [5, 5.41) is 10.1. The van der Waals surface area contributed by atoms with E-state index in [4.69, 9.17) is 9.47 Å². The van der Waals surface area contributed by atoms with Crippen molar-refractivity contribution in [2.75, 3.05) is 7.11 Å². The Bertz CT molecular complexity index is 873. The maximum Gasteiger partial charge on any atom is 0.421 e. The van der Waals surface area contributed by atoms with E-state index in [9.17, 15) is 18.3 Å². The second-order valence-corrected chi connectivity index (χ2v) is 6.48. The molecule has 1 atom stereocenters. The fourth-order valence-corrected chi connectivity index (χ4v) is 3.04. The summed E-state index contributed by atoms with van der Waals surface area (Å²) in [5.41, 5.74) is -2.57. The lowest BCUT2D eigenvalue weighted by Crippen LogP contribution is -2.39. The van der Waals surface area contributed by atoms with Gasteiger partial charge in [-0.1, -0.05) is 29.5 Å². The lowest BCUT2D eigenvalue weighted by Gasteiger charge is -2.27. The van der Waals surface area contributed by atoms with Gasteiger partial charge in [-0.3, -0.25) is 0 Å². The smallest absolute Gasteiger partial charge is 0.421 e. The summed E-state index contributed by atoms with van der Waals surface area (Å²) in [6.45, 7) is 0.690. The van der Waals surface area contributed by atoms with E-state index >= 15 is 0 Å². The number of ether oxygens (including phenoxy) is 2. The molecule has 3 rings (SSSR count). The SMILES string of the molecule is COc1cc(C(C)(O)C(F)(F)F)ccc1Oc1nc2ccccc2s1. The Morgan fingerprint density at radius 1 is 1.08 bits per heavy atom. The van der Waals surface area contributed by atoms with Crippen molar-refractivity contribution >= 4 is 21.6 Å². The molecule has 0 aliphatic heterocycles. The van der Waals surface area contributed by atoms with Crippen molar-refractivity contribution in [2.45, 2.75) is 18.7 Å². The third kappa shape index (κ3) is 3.27. The van der Waals surface area contributed by atoms with Crippen LogP contribution in [0.4, 0.5) is 13.2 Å². The highest BCUT2D eigenvalue weighted by atomic mass is 32.1. The van der Waals surface area contributed by atoms with Crippen molar-refractivity contribution in [1.82, 2.24) is 4.98 Å². The van der Waals surface area contributed by atoms with Crippen LogP contribution in [0, 0.1) is 0 Å². The topological polar surface area (TPSA) is 51.6 Å². The molecule has 0 aliphatic rings. The zero-order valence-corrected chi connectivity index (χ0v) is 14.1. The predicted molar refractivity (Wildman–Crippen MR) is 88.3 cm³/mol. The molecule has 0 spiro atoms. The molecule has 1 aromatic heterocycles. The minimum Gasteiger partial charge on any atom is -0.493 e. The van der Waals surface area contributed by atoms with Gasteiger partial charge in [-0.15, -0.1) is 0 Å². The monoisotopic (exact) mass is 369 g/mol. The van der Waals surface area contributed by atoms with Crippen molar-refractivity contribution in [1.29, 1.82) is 0 Å². The molecule has 0 bridgehead atoms. The minimum absolute atomic E-state index is 0.0706. The first-order valence-electron chi connectivity index (χ1n) is 7.23. The van der Waals surface area contributed by atoms with Crippen LogP contribution in [0.15, 0.2) is 42.5 Å². The number of rotatable bonds is 4. The van der Waals surface area contributed by atoms with Crippen LogP contribution >= 0.6 is 11.3 Å². The highest BCUT2D eigenvalue weighted by molar-refractivity contribution is 7.20. The number of hydrogen-bond donors (Lipinski definition) is 1. The first kappa shape index (κ1) is 17.5. The summed E-state index contributed by atoms with van der Waals surface area (Å²) < 4.78 is 50.7. The van der Waals surface area contributed by atoms with Gasteiger partial charge in [-0.05, 0) is 36.8 Å². The number of alkyl halides is 3. The molecule has 1 heterocycles. The summed E-state index contributed by atoms with van der Waals surface area (Å²) in [6.07, 6.45) is -4.81. The summed E-state index contributed by atoms with van der Waals surface area (Å²) in [6, 6.07) is 11.0. The average molecular weight is 369 g/mol. The van der Waals surface area contributed by atoms with E-state index in [0.717, 1.165) is 22.3 Å². The molecule has 0 aliphatic carbocycles. The maximum atomic E-state index is 13.0. The number of hydrogen-bond acceptors (Lipinski definition) is 5. The van der Waals surface area contributed by atoms with Crippen LogP contribution in [0.2, 0.25) is 0 Å². The third-order valence-corrected chi connectivity index (χ3v) is 4.66. The van der Waals surface area contributed by atoms with Gasteiger partial charge in [0, 0.05) is 0 Å². The zero-order chi connectivity index (χ0) is 18.2. The zero-order valence-electron chi connectivity index (χ0n) is 13.3. The molecule has 4 nitrogen and oxygen atoms in total. The fraction of sp³-hybridized carbons (Fsp3) is 0.235. The molecule has 0 saturated carbocycles. The van der Waals surface area contributed by atoms with Crippen LogP contribution in [-0.2, 0) is 5.60 Å². The van der Waals surface area contributed by atoms with Crippen LogP contribution in [0.5, 0.6) is 16.7 Å². The molecule has 25 heavy (non-hydrogen) atoms. The van der Waals surface area contributed by atoms with Gasteiger partial charge in [0.25, 0.3) is 5.19 Å². The molecular weight excluding hydrogens is 355 g/mol. The van der Waals surface area contributed by atoms with Crippen LogP contribution in [0.3, 0.4) is 0 Å². The van der Waals surface area contributed by atoms with Gasteiger partial charge in [-0.25, -0.2) is 4.98 Å². The number of fused-ring (bicyclic) bond motifs is 1. The molecule has 2 aromatic carbocycles. The number of halogens is 3. The van der Waals surface area contributed by atoms with E-state index in [1.165, 1.54) is 24.5 Å². The van der Waals surface area contributed by atoms with Crippen molar-refractivity contribution in [3.05, 3.63) is 48.0 Å². The van der Waals surface area contributed by atoms with Gasteiger partial charge in [0.1, 0.15) is 0 Å². The molecular formula is C17H14F3NO3S. The fourth-order valence-electron chi connectivity index (χ4n) is 2.21. The molecule has 3 aromatic rings. The Morgan fingerprint density at radius 2 is 1.80 bits per heavy atom. The van der Waals surface area contributed by atoms with Gasteiger partial charge in [0.2, 0.25) is 0 Å². The van der Waals surface area contributed by atoms with Crippen molar-refractivity contribution in [3.63, 3.8) is 0 Å². The molecule has 132 valence electrons. The van der Waals surface area contributed by atoms with Gasteiger partial charge < -0.3 is 14.6 Å². The summed E-state index contributed by atoms with van der Waals surface area (Å²) in [4.78, 5) is 4.31. The van der Waals surface area contributed by atoms with Gasteiger partial charge in [-0.2, -0.15) is 13.2 Å². The lowest BCUT2D eigenvalue weighted by atomic mass is 9.95. The lowest BCUT2D eigenvalue weighted by molar-refractivity contribution is -0.258. The Kier molecular flexibility index (Phi) is 4.34. The summed E-state index contributed by atoms with van der Waals surface area (Å²) in [7, 11) is 1.31. The molecule has 0 saturated heterocycles. The van der Waals surface area contributed by atoms with Gasteiger partial charge >= 0.3 is 6.18 Å². The normalized spacial score (nSPS) is 14.3. The standard InChI is InChI=1S/C17H14F3NO3S/c1-16(22,17(18,19)20)10-7-8-12(13(9-10)23-2)24-15-21-11-5-3-4-6-14(11)25-15/h3-9,22H,1-2H3. The van der Waals surface area contributed by atoms with Crippen LogP contribution < -0.4 is 9.47 Å². The number of nitrogens with zero attached hydrogens (tertiary/aromatic N) is 1. The van der Waals surface area contributed by atoms with E-state index in [-0.39, 0.29) is 17.1 Å². The number of aliphatic hydroxyl groups is 1. The van der Waals surface area contributed by atoms with Crippen LogP contribution in [0.1, 0.15) is 12.5 Å². The third-order valence-electron chi connectivity index (χ3n) is 3.75. The van der Waals surface area contributed by atoms with Crippen molar-refractivity contribution < 1.29 is 27.8 Å². The minimum atomic E-state index is -4.81. The highest BCUT2D eigenvalue weighted by Gasteiger charge is 2.51. The summed E-state index contributed by atoms with van der Waals surface area (Å²) in [5.74, 6) is 0.282. The predicted octanol–water partition coefficient (Wildman–Crippen LogP) is 4.87. The molecule has 0 radical (unpaired) electrons. The number of aromatic nitrogens is 1. The molecule has 8 heteroatoms. The second-order valence-electron chi connectivity index (χ2n) is 5.49. The average Bonchev–Trinajstić information content (AvgIpc) is 2.96. The number of thiazole rings is 1. The second kappa shape index (κ2) is 6.20. The maximum absolute atomic E-state index is 13.0. The number of benzene rings is 2. The van der Waals surface area contributed by atoms with E-state index < -0.39 is 11.8 Å². The van der Waals surface area contributed by atoms with E-state index in [2.05, 4.69) is 4.98 Å². The molecule has 0 fully saturated rings. The Hall–Kier alpha value is -2.32. The first-order valence-corrected chi connectivity index (χ1v) is 8.05. The summed E-state index contributed by atoms with van der Waals surface area (Å²) >= 11 is 1.31. The van der Waals surface area contributed by atoms with Crippen molar-refractivity contribution in [3.8, 4) is 16.7 Å². The van der Waals surface area contributed by atoms with Gasteiger partial charge in [0.15, 0.2) is 17.1 Å². The van der Waals surface area contributed by atoms with Crippen LogP contribution in [-0.4, -0.2) is 23.4 Å². The van der Waals surface area contributed by atoms with Crippen molar-refractivity contribution in [2.24, 2.45) is 0 Å².